The second-order valence-electron chi connectivity index (χ2n) is 3.64. The summed E-state index contributed by atoms with van der Waals surface area (Å²) in [7, 11) is 1.68. The van der Waals surface area contributed by atoms with E-state index in [1.807, 2.05) is 18.2 Å². The molecule has 16 heavy (non-hydrogen) atoms. The minimum Gasteiger partial charge on any atom is -0.385 e. The van der Waals surface area contributed by atoms with Crippen molar-refractivity contribution in [2.24, 2.45) is 0 Å². The number of hydrogen-bond donors (Lipinski definition) is 1. The lowest BCUT2D eigenvalue weighted by Crippen LogP contribution is -2.01. The van der Waals surface area contributed by atoms with Crippen LogP contribution in [-0.2, 0) is 11.3 Å². The number of fused-ring (bicyclic) bond motifs is 1. The summed E-state index contributed by atoms with van der Waals surface area (Å²) >= 11 is 0. The first-order valence-corrected chi connectivity index (χ1v) is 5.46. The molecule has 2 rings (SSSR count). The van der Waals surface area contributed by atoms with Gasteiger partial charge < -0.3 is 10.1 Å². The largest absolute Gasteiger partial charge is 0.385 e. The third kappa shape index (κ3) is 2.14. The van der Waals surface area contributed by atoms with Gasteiger partial charge in [0.05, 0.1) is 17.8 Å². The van der Waals surface area contributed by atoms with Crippen LogP contribution in [0.4, 0.5) is 5.69 Å². The molecule has 0 atom stereocenters. The topological polar surface area (TPSA) is 34.1 Å². The highest BCUT2D eigenvalue weighted by atomic mass is 16.5. The molecule has 0 aliphatic rings. The van der Waals surface area contributed by atoms with E-state index in [-0.39, 0.29) is 0 Å². The van der Waals surface area contributed by atoms with Gasteiger partial charge >= 0.3 is 0 Å². The average molecular weight is 216 g/mol. The van der Waals surface area contributed by atoms with E-state index in [0.29, 0.717) is 6.61 Å². The van der Waals surface area contributed by atoms with Gasteiger partial charge in [0, 0.05) is 24.7 Å². The monoisotopic (exact) mass is 216 g/mol. The molecule has 0 bridgehead atoms. The molecule has 0 amide bonds. The van der Waals surface area contributed by atoms with E-state index in [1.165, 1.54) is 0 Å². The fourth-order valence-corrected chi connectivity index (χ4v) is 1.79. The van der Waals surface area contributed by atoms with Crippen LogP contribution in [0, 0.1) is 0 Å². The van der Waals surface area contributed by atoms with Crippen molar-refractivity contribution >= 4 is 16.6 Å². The zero-order valence-electron chi connectivity index (χ0n) is 9.66. The van der Waals surface area contributed by atoms with Gasteiger partial charge in [0.15, 0.2) is 0 Å². The third-order valence-corrected chi connectivity index (χ3v) is 2.43. The van der Waals surface area contributed by atoms with Crippen LogP contribution in [0.5, 0.6) is 0 Å². The molecule has 2 aromatic rings. The summed E-state index contributed by atoms with van der Waals surface area (Å²) < 4.78 is 5.12. The molecule has 0 aliphatic heterocycles. The maximum absolute atomic E-state index is 5.12. The molecular weight excluding hydrogens is 200 g/mol. The Hall–Kier alpha value is -1.61. The molecule has 0 unspecified atom stereocenters. The van der Waals surface area contributed by atoms with Crippen LogP contribution in [0.2, 0.25) is 0 Å². The van der Waals surface area contributed by atoms with Gasteiger partial charge in [-0.1, -0.05) is 18.2 Å². The fourth-order valence-electron chi connectivity index (χ4n) is 1.79. The number of hydrogen-bond acceptors (Lipinski definition) is 3. The third-order valence-electron chi connectivity index (χ3n) is 2.43. The molecule has 0 radical (unpaired) electrons. The van der Waals surface area contributed by atoms with Gasteiger partial charge in [0.1, 0.15) is 0 Å². The molecule has 0 aliphatic carbocycles. The maximum Gasteiger partial charge on any atom is 0.0885 e. The van der Waals surface area contributed by atoms with Crippen molar-refractivity contribution in [2.75, 3.05) is 19.0 Å². The second kappa shape index (κ2) is 4.94. The molecule has 3 heteroatoms. The first-order chi connectivity index (χ1) is 7.85. The molecule has 0 saturated carbocycles. The van der Waals surface area contributed by atoms with Crippen molar-refractivity contribution in [1.82, 2.24) is 4.98 Å². The molecule has 1 aromatic heterocycles. The number of rotatable bonds is 4. The minimum absolute atomic E-state index is 0.545. The summed E-state index contributed by atoms with van der Waals surface area (Å²) in [4.78, 5) is 4.54. The summed E-state index contributed by atoms with van der Waals surface area (Å²) in [6, 6.07) is 10.2. The van der Waals surface area contributed by atoms with Gasteiger partial charge in [-0.05, 0) is 19.1 Å². The highest BCUT2D eigenvalue weighted by molar-refractivity contribution is 5.91. The standard InChI is InChI=1S/C13H16N2O/c1-3-14-13-8-10(9-16-2)15-12-7-5-4-6-11(12)13/h4-8H,3,9H2,1-2H3,(H,14,15). The molecule has 1 N–H and O–H groups in total. The number of nitrogens with zero attached hydrogens (tertiary/aromatic N) is 1. The van der Waals surface area contributed by atoms with Gasteiger partial charge in [-0.3, -0.25) is 4.98 Å². The maximum atomic E-state index is 5.12. The first kappa shape index (κ1) is 10.9. The number of nitrogens with one attached hydrogen (secondary N) is 1. The molecular formula is C13H16N2O. The predicted molar refractivity (Wildman–Crippen MR) is 66.6 cm³/mol. The van der Waals surface area contributed by atoms with Gasteiger partial charge in [-0.15, -0.1) is 0 Å². The van der Waals surface area contributed by atoms with Crippen molar-refractivity contribution < 1.29 is 4.74 Å². The highest BCUT2D eigenvalue weighted by Gasteiger charge is 2.04. The Balaban J connectivity index is 2.54. The van der Waals surface area contributed by atoms with E-state index < -0.39 is 0 Å². The van der Waals surface area contributed by atoms with Crippen LogP contribution in [-0.4, -0.2) is 18.6 Å². The molecule has 0 saturated heterocycles. The molecule has 0 spiro atoms. The van der Waals surface area contributed by atoms with Crippen molar-refractivity contribution in [3.8, 4) is 0 Å². The first-order valence-electron chi connectivity index (χ1n) is 5.46. The van der Waals surface area contributed by atoms with Crippen LogP contribution in [0.3, 0.4) is 0 Å². The van der Waals surface area contributed by atoms with Crippen LogP contribution < -0.4 is 5.32 Å². The number of ether oxygens (including phenoxy) is 1. The number of aromatic nitrogens is 1. The molecule has 0 fully saturated rings. The van der Waals surface area contributed by atoms with Gasteiger partial charge in [0.25, 0.3) is 0 Å². The lowest BCUT2D eigenvalue weighted by molar-refractivity contribution is 0.182. The molecule has 3 nitrogen and oxygen atoms in total. The van der Waals surface area contributed by atoms with Crippen molar-refractivity contribution in [3.63, 3.8) is 0 Å². The number of anilines is 1. The Labute approximate surface area is 95.5 Å². The Kier molecular flexibility index (Phi) is 3.37. The Bertz CT molecular complexity index is 482. The van der Waals surface area contributed by atoms with E-state index in [1.54, 1.807) is 7.11 Å². The van der Waals surface area contributed by atoms with Crippen molar-refractivity contribution in [3.05, 3.63) is 36.0 Å². The van der Waals surface area contributed by atoms with Crippen LogP contribution in [0.15, 0.2) is 30.3 Å². The highest BCUT2D eigenvalue weighted by Crippen LogP contribution is 2.23. The summed E-state index contributed by atoms with van der Waals surface area (Å²) in [5.41, 5.74) is 3.09. The summed E-state index contributed by atoms with van der Waals surface area (Å²) in [6.07, 6.45) is 0. The lowest BCUT2D eigenvalue weighted by atomic mass is 10.1. The second-order valence-corrected chi connectivity index (χ2v) is 3.64. The van der Waals surface area contributed by atoms with Gasteiger partial charge in [-0.2, -0.15) is 0 Å². The van der Waals surface area contributed by atoms with Gasteiger partial charge in [0.2, 0.25) is 0 Å². The van der Waals surface area contributed by atoms with Gasteiger partial charge in [-0.25, -0.2) is 0 Å². The minimum atomic E-state index is 0.545. The zero-order valence-corrected chi connectivity index (χ0v) is 9.66. The van der Waals surface area contributed by atoms with Crippen LogP contribution in [0.25, 0.3) is 10.9 Å². The summed E-state index contributed by atoms with van der Waals surface area (Å²) in [5.74, 6) is 0. The predicted octanol–water partition coefficient (Wildman–Crippen LogP) is 2.81. The van der Waals surface area contributed by atoms with E-state index in [9.17, 15) is 0 Å². The quantitative estimate of drug-likeness (QED) is 0.853. The van der Waals surface area contributed by atoms with E-state index in [0.717, 1.165) is 28.8 Å². The number of methoxy groups -OCH3 is 1. The van der Waals surface area contributed by atoms with Crippen LogP contribution in [0.1, 0.15) is 12.6 Å². The molecule has 1 heterocycles. The summed E-state index contributed by atoms with van der Waals surface area (Å²) in [6.45, 7) is 3.54. The van der Waals surface area contributed by atoms with Crippen LogP contribution >= 0.6 is 0 Å². The van der Waals surface area contributed by atoms with E-state index in [2.05, 4.69) is 29.4 Å². The zero-order chi connectivity index (χ0) is 11.4. The van der Waals surface area contributed by atoms with Crippen molar-refractivity contribution in [1.29, 1.82) is 0 Å². The lowest BCUT2D eigenvalue weighted by Gasteiger charge is -2.10. The normalized spacial score (nSPS) is 10.6. The van der Waals surface area contributed by atoms with Crippen molar-refractivity contribution in [2.45, 2.75) is 13.5 Å². The SMILES string of the molecule is CCNc1cc(COC)nc2ccccc12. The number of benzene rings is 1. The van der Waals surface area contributed by atoms with E-state index >= 15 is 0 Å². The Morgan fingerprint density at radius 1 is 1.31 bits per heavy atom. The molecule has 84 valence electrons. The Morgan fingerprint density at radius 3 is 2.88 bits per heavy atom. The summed E-state index contributed by atoms with van der Waals surface area (Å²) in [5, 5.41) is 4.51. The number of para-hydroxylation sites is 1. The number of pyridine rings is 1. The van der Waals surface area contributed by atoms with E-state index in [4.69, 9.17) is 4.74 Å². The Morgan fingerprint density at radius 2 is 2.12 bits per heavy atom. The molecule has 1 aromatic carbocycles. The fraction of sp³-hybridized carbons (Fsp3) is 0.308. The average Bonchev–Trinajstić information content (AvgIpc) is 2.30. The smallest absolute Gasteiger partial charge is 0.0885 e.